The molecular formula is C51H72N6O6S2. The van der Waals surface area contributed by atoms with Gasteiger partial charge in [0.15, 0.2) is 0 Å². The van der Waals surface area contributed by atoms with E-state index in [4.69, 9.17) is 9.47 Å². The number of benzene rings is 2. The summed E-state index contributed by atoms with van der Waals surface area (Å²) in [6.45, 7) is 10.7. The lowest BCUT2D eigenvalue weighted by Crippen LogP contribution is -2.52. The van der Waals surface area contributed by atoms with Gasteiger partial charge in [-0.05, 0) is 143 Å². The molecule has 12 nitrogen and oxygen atoms in total. The number of sulfonamides is 2. The van der Waals surface area contributed by atoms with Crippen molar-refractivity contribution in [1.29, 1.82) is 0 Å². The Hall–Kier alpha value is -3.92. The first-order valence-electron chi connectivity index (χ1n) is 23.8. The fraction of sp³-hybridized carbons (Fsp3) is 0.569. The maximum absolute atomic E-state index is 11.9. The minimum atomic E-state index is -3.27. The van der Waals surface area contributed by atoms with Crippen molar-refractivity contribution in [1.82, 2.24) is 19.4 Å². The first kappa shape index (κ1) is 49.0. The van der Waals surface area contributed by atoms with E-state index in [0.29, 0.717) is 25.0 Å². The summed E-state index contributed by atoms with van der Waals surface area (Å²) < 4.78 is 66.2. The number of piperidine rings is 2. The Labute approximate surface area is 389 Å². The van der Waals surface area contributed by atoms with Crippen molar-refractivity contribution in [3.8, 4) is 0 Å². The molecule has 2 saturated carbocycles. The number of hydrogen-bond acceptors (Lipinski definition) is 10. The van der Waals surface area contributed by atoms with E-state index in [9.17, 15) is 16.8 Å². The van der Waals surface area contributed by atoms with Crippen molar-refractivity contribution >= 4 is 31.7 Å². The molecule has 4 atom stereocenters. The Kier molecular flexibility index (Phi) is 17.1. The van der Waals surface area contributed by atoms with Crippen LogP contribution in [0.15, 0.2) is 91.3 Å². The molecule has 4 fully saturated rings. The number of nitrogens with zero attached hydrogens (tertiary/aromatic N) is 4. The second kappa shape index (κ2) is 22.7. The highest BCUT2D eigenvalue weighted by molar-refractivity contribution is 7.89. The maximum atomic E-state index is 11.9. The van der Waals surface area contributed by atoms with Crippen LogP contribution < -0.4 is 19.2 Å². The number of nitrogens with one attached hydrogen (secondary N) is 2. The monoisotopic (exact) mass is 928 g/mol. The largest absolute Gasteiger partial charge is 0.378 e. The second-order valence-corrected chi connectivity index (χ2v) is 22.7. The van der Waals surface area contributed by atoms with Crippen molar-refractivity contribution in [3.05, 3.63) is 119 Å². The van der Waals surface area contributed by atoms with E-state index in [1.165, 1.54) is 40.3 Å². The summed E-state index contributed by atoms with van der Waals surface area (Å²) in [6, 6.07) is 27.1. The lowest BCUT2D eigenvalue weighted by Gasteiger charge is -2.40. The minimum absolute atomic E-state index is 0.0900. The predicted octanol–water partition coefficient (Wildman–Crippen LogP) is 8.06. The molecule has 4 aliphatic rings. The number of aryl methyl sites for hydroxylation is 2. The number of aromatic nitrogens is 2. The van der Waals surface area contributed by atoms with E-state index in [1.807, 2.05) is 36.4 Å². The molecule has 2 N–H and O–H groups in total. The maximum Gasteiger partial charge on any atom is 0.208 e. The van der Waals surface area contributed by atoms with E-state index in [-0.39, 0.29) is 36.1 Å². The van der Waals surface area contributed by atoms with Crippen LogP contribution in [-0.4, -0.2) is 103 Å². The molecule has 4 heterocycles. The summed E-state index contributed by atoms with van der Waals surface area (Å²) >= 11 is 0. The lowest BCUT2D eigenvalue weighted by atomic mass is 9.80. The third kappa shape index (κ3) is 14.5. The SMILES string of the molecule is Cc1cccc(C2CCC(OCC3CN(c4ccccn4)CC[C@@H]3NS(C)(=O)=O)CC2)c1.Cc1cccc(C2CCC(OCC3CN(c4ccccn4)CC[C@@H]3NS(C)(=O)=O)CC2)c1C. The molecule has 2 aromatic heterocycles. The van der Waals surface area contributed by atoms with Gasteiger partial charge in [-0.15, -0.1) is 0 Å². The van der Waals surface area contributed by atoms with Crippen LogP contribution in [-0.2, 0) is 29.5 Å². The molecule has 354 valence electrons. The van der Waals surface area contributed by atoms with Gasteiger partial charge in [0.1, 0.15) is 11.6 Å². The van der Waals surface area contributed by atoms with E-state index >= 15 is 0 Å². The molecule has 65 heavy (non-hydrogen) atoms. The Bertz CT molecular complexity index is 2320. The van der Waals surface area contributed by atoms with E-state index < -0.39 is 20.0 Å². The first-order chi connectivity index (χ1) is 31.2. The molecule has 2 aliphatic carbocycles. The normalized spacial score (nSPS) is 26.5. The van der Waals surface area contributed by atoms with Crippen LogP contribution in [0, 0.1) is 32.6 Å². The summed E-state index contributed by atoms with van der Waals surface area (Å²) in [7, 11) is -6.53. The minimum Gasteiger partial charge on any atom is -0.378 e. The van der Waals surface area contributed by atoms with Gasteiger partial charge in [-0.3, -0.25) is 0 Å². The Balaban J connectivity index is 0.000000194. The van der Waals surface area contributed by atoms with Crippen LogP contribution in [0.4, 0.5) is 11.6 Å². The smallest absolute Gasteiger partial charge is 0.208 e. The molecule has 2 aromatic carbocycles. The van der Waals surface area contributed by atoms with E-state index in [0.717, 1.165) is 102 Å². The Morgan fingerprint density at radius 2 is 1.08 bits per heavy atom. The molecule has 0 amide bonds. The third-order valence-corrected chi connectivity index (χ3v) is 15.6. The summed E-state index contributed by atoms with van der Waals surface area (Å²) in [5.74, 6) is 3.29. The van der Waals surface area contributed by atoms with Crippen LogP contribution in [0.5, 0.6) is 0 Å². The van der Waals surface area contributed by atoms with Gasteiger partial charge in [-0.2, -0.15) is 0 Å². The van der Waals surface area contributed by atoms with E-state index in [2.05, 4.69) is 92.4 Å². The molecule has 0 radical (unpaired) electrons. The molecule has 4 aromatic rings. The summed E-state index contributed by atoms with van der Waals surface area (Å²) in [5.41, 5.74) is 7.04. The molecule has 14 heteroatoms. The molecule has 0 bridgehead atoms. The van der Waals surface area contributed by atoms with Crippen molar-refractivity contribution in [2.24, 2.45) is 11.8 Å². The van der Waals surface area contributed by atoms with Crippen molar-refractivity contribution < 1.29 is 26.3 Å². The second-order valence-electron chi connectivity index (χ2n) is 19.2. The highest BCUT2D eigenvalue weighted by Crippen LogP contribution is 2.37. The van der Waals surface area contributed by atoms with Gasteiger partial charge < -0.3 is 19.3 Å². The zero-order chi connectivity index (χ0) is 46.0. The first-order valence-corrected chi connectivity index (χ1v) is 27.6. The predicted molar refractivity (Wildman–Crippen MR) is 262 cm³/mol. The Morgan fingerprint density at radius 1 is 0.585 bits per heavy atom. The molecule has 8 rings (SSSR count). The summed E-state index contributed by atoms with van der Waals surface area (Å²) in [5, 5.41) is 0. The zero-order valence-electron chi connectivity index (χ0n) is 39.1. The molecular weight excluding hydrogens is 857 g/mol. The number of ether oxygens (including phenoxy) is 2. The number of anilines is 2. The van der Waals surface area contributed by atoms with Gasteiger partial charge in [0.2, 0.25) is 20.0 Å². The van der Waals surface area contributed by atoms with Crippen LogP contribution >= 0.6 is 0 Å². The molecule has 2 unspecified atom stereocenters. The van der Waals surface area contributed by atoms with Crippen LogP contribution in [0.3, 0.4) is 0 Å². The quantitative estimate of drug-likeness (QED) is 0.128. The highest BCUT2D eigenvalue weighted by Gasteiger charge is 2.35. The van der Waals surface area contributed by atoms with Crippen LogP contribution in [0.2, 0.25) is 0 Å². The topological polar surface area (TPSA) is 143 Å². The zero-order valence-corrected chi connectivity index (χ0v) is 40.8. The summed E-state index contributed by atoms with van der Waals surface area (Å²) in [4.78, 5) is 13.4. The standard InChI is InChI=1S/C26H37N3O3S.C25H35N3O3S/c1-19-7-6-8-24(20(19)2)21-10-12-23(13-11-21)32-18-22-17-29(26-9-4-5-15-27-26)16-14-25(22)28-33(3,30)31;1-19-6-5-7-21(16-19)20-9-11-23(12-10-20)31-18-22-17-28(25-8-3-4-14-26-25)15-13-24(22)27-32(2,29)30/h4-9,15,21-23,25,28H,10-14,16-18H2,1-3H3;3-8,14,16,20,22-24,27H,9-13,15,17-18H2,1-2H3/t21?,22?,23?,25-;20?,22?,23?,24-/m00/s1. The van der Waals surface area contributed by atoms with Crippen molar-refractivity contribution in [2.45, 2.75) is 121 Å². The average molecular weight is 929 g/mol. The average Bonchev–Trinajstić information content (AvgIpc) is 3.29. The number of rotatable bonds is 14. The van der Waals surface area contributed by atoms with Crippen LogP contribution in [0.1, 0.15) is 104 Å². The number of pyridine rings is 2. The van der Waals surface area contributed by atoms with Crippen molar-refractivity contribution in [2.75, 3.05) is 61.7 Å². The third-order valence-electron chi connectivity index (χ3n) is 14.2. The van der Waals surface area contributed by atoms with Gasteiger partial charge in [-0.25, -0.2) is 36.2 Å². The van der Waals surface area contributed by atoms with Gasteiger partial charge in [0, 0.05) is 62.5 Å². The summed E-state index contributed by atoms with van der Waals surface area (Å²) in [6.07, 6.45) is 16.9. The Morgan fingerprint density at radius 3 is 1.54 bits per heavy atom. The number of hydrogen-bond donors (Lipinski definition) is 2. The van der Waals surface area contributed by atoms with Gasteiger partial charge in [0.05, 0.1) is 37.9 Å². The fourth-order valence-electron chi connectivity index (χ4n) is 10.5. The highest BCUT2D eigenvalue weighted by atomic mass is 32.2. The van der Waals surface area contributed by atoms with Crippen LogP contribution in [0.25, 0.3) is 0 Å². The molecule has 0 spiro atoms. The van der Waals surface area contributed by atoms with E-state index in [1.54, 1.807) is 12.4 Å². The van der Waals surface area contributed by atoms with Gasteiger partial charge >= 0.3 is 0 Å². The van der Waals surface area contributed by atoms with Gasteiger partial charge in [0.25, 0.3) is 0 Å². The lowest BCUT2D eigenvalue weighted by molar-refractivity contribution is -0.00227. The van der Waals surface area contributed by atoms with Gasteiger partial charge in [-0.1, -0.05) is 60.2 Å². The van der Waals surface area contributed by atoms with Crippen molar-refractivity contribution in [3.63, 3.8) is 0 Å². The molecule has 2 aliphatic heterocycles. The fourth-order valence-corrected chi connectivity index (χ4v) is 12.2. The molecule has 2 saturated heterocycles.